The monoisotopic (exact) mass is 242 g/mol. The molecule has 17 heavy (non-hydrogen) atoms. The molecule has 3 nitrogen and oxygen atoms in total. The summed E-state index contributed by atoms with van der Waals surface area (Å²) in [4.78, 5) is 0. The molecule has 0 aromatic heterocycles. The van der Waals surface area contributed by atoms with Gasteiger partial charge in [0, 0.05) is 23.7 Å². The Morgan fingerprint density at radius 2 is 1.59 bits per heavy atom. The van der Waals surface area contributed by atoms with Gasteiger partial charge in [-0.05, 0) is 60.3 Å². The van der Waals surface area contributed by atoms with E-state index in [-0.39, 0.29) is 23.2 Å². The van der Waals surface area contributed by atoms with Crippen LogP contribution < -0.4 is 10.6 Å². The number of rotatable bonds is 3. The van der Waals surface area contributed by atoms with Crippen LogP contribution in [0.1, 0.15) is 54.4 Å². The van der Waals surface area contributed by atoms with Gasteiger partial charge in [-0.25, -0.2) is 0 Å². The summed E-state index contributed by atoms with van der Waals surface area (Å²) in [5.41, 5.74) is 0.216. The summed E-state index contributed by atoms with van der Waals surface area (Å²) in [6.45, 7) is 13.9. The first-order valence-electron chi connectivity index (χ1n) is 6.79. The van der Waals surface area contributed by atoms with Gasteiger partial charge < -0.3 is 15.7 Å². The molecule has 1 rings (SSSR count). The normalized spacial score (nSPS) is 30.9. The highest BCUT2D eigenvalue weighted by atomic mass is 16.3. The van der Waals surface area contributed by atoms with Crippen LogP contribution in [0.3, 0.4) is 0 Å². The number of hydrogen-bond donors (Lipinski definition) is 3. The second-order valence-corrected chi connectivity index (χ2v) is 7.46. The third-order valence-corrected chi connectivity index (χ3v) is 3.26. The highest BCUT2D eigenvalue weighted by Crippen LogP contribution is 2.27. The summed E-state index contributed by atoms with van der Waals surface area (Å²) >= 11 is 0. The molecule has 0 aliphatic heterocycles. The Morgan fingerprint density at radius 1 is 1.00 bits per heavy atom. The highest BCUT2D eigenvalue weighted by Gasteiger charge is 2.36. The topological polar surface area (TPSA) is 44.3 Å². The van der Waals surface area contributed by atoms with Crippen LogP contribution in [-0.2, 0) is 0 Å². The minimum atomic E-state index is -0.218. The molecule has 0 heterocycles. The first-order chi connectivity index (χ1) is 7.58. The lowest BCUT2D eigenvalue weighted by Gasteiger charge is -2.30. The molecule has 102 valence electrons. The molecule has 0 bridgehead atoms. The molecule has 0 aromatic carbocycles. The van der Waals surface area contributed by atoms with Crippen molar-refractivity contribution in [3.63, 3.8) is 0 Å². The zero-order valence-corrected chi connectivity index (χ0v) is 12.3. The van der Waals surface area contributed by atoms with Crippen molar-refractivity contribution in [2.24, 2.45) is 5.92 Å². The third-order valence-electron chi connectivity index (χ3n) is 3.26. The summed E-state index contributed by atoms with van der Waals surface area (Å²) in [7, 11) is 0. The van der Waals surface area contributed by atoms with Gasteiger partial charge in [0.15, 0.2) is 0 Å². The van der Waals surface area contributed by atoms with Crippen molar-refractivity contribution in [3.8, 4) is 0 Å². The minimum Gasteiger partial charge on any atom is -0.391 e. The first-order valence-corrected chi connectivity index (χ1v) is 6.79. The molecule has 0 spiro atoms. The first kappa shape index (κ1) is 14.9. The zero-order valence-electron chi connectivity index (χ0n) is 12.3. The van der Waals surface area contributed by atoms with Crippen LogP contribution in [0.4, 0.5) is 0 Å². The highest BCUT2D eigenvalue weighted by molar-refractivity contribution is 4.94. The van der Waals surface area contributed by atoms with E-state index in [1.807, 2.05) is 0 Å². The molecule has 1 fully saturated rings. The minimum absolute atomic E-state index is 0.0813. The van der Waals surface area contributed by atoms with Crippen molar-refractivity contribution in [3.05, 3.63) is 0 Å². The summed E-state index contributed by atoms with van der Waals surface area (Å²) in [6.07, 6.45) is 1.97. The van der Waals surface area contributed by atoms with Gasteiger partial charge in [-0.15, -0.1) is 0 Å². The van der Waals surface area contributed by atoms with Crippen molar-refractivity contribution in [1.82, 2.24) is 10.6 Å². The molecule has 0 radical (unpaired) electrons. The Hall–Kier alpha value is -0.120. The maximum atomic E-state index is 10.3. The van der Waals surface area contributed by atoms with Crippen molar-refractivity contribution in [2.45, 2.75) is 77.6 Å². The molecule has 0 unspecified atom stereocenters. The van der Waals surface area contributed by atoms with E-state index in [0.717, 1.165) is 19.4 Å². The standard InChI is InChI=1S/C14H30N2O/c1-13(2,3)15-9-10-7-8-11(12(10)17)16-14(4,5)6/h10-12,15-17H,7-9H2,1-6H3/t10-,11-,12-/m0/s1. The lowest BCUT2D eigenvalue weighted by Crippen LogP contribution is -2.49. The summed E-state index contributed by atoms with van der Waals surface area (Å²) in [5.74, 6) is 0.383. The van der Waals surface area contributed by atoms with Crippen molar-refractivity contribution in [2.75, 3.05) is 6.54 Å². The van der Waals surface area contributed by atoms with Crippen LogP contribution in [0.2, 0.25) is 0 Å². The average molecular weight is 242 g/mol. The van der Waals surface area contributed by atoms with Crippen LogP contribution in [0.15, 0.2) is 0 Å². The van der Waals surface area contributed by atoms with E-state index in [4.69, 9.17) is 0 Å². The fourth-order valence-electron chi connectivity index (χ4n) is 2.44. The van der Waals surface area contributed by atoms with E-state index in [1.165, 1.54) is 0 Å². The number of aliphatic hydroxyl groups is 1. The number of nitrogens with one attached hydrogen (secondary N) is 2. The third kappa shape index (κ3) is 5.36. The van der Waals surface area contributed by atoms with Gasteiger partial charge in [0.05, 0.1) is 6.10 Å². The lowest BCUT2D eigenvalue weighted by atomic mass is 10.0. The van der Waals surface area contributed by atoms with Crippen LogP contribution in [0.5, 0.6) is 0 Å². The zero-order chi connectivity index (χ0) is 13.3. The second-order valence-electron chi connectivity index (χ2n) is 7.46. The van der Waals surface area contributed by atoms with Crippen molar-refractivity contribution < 1.29 is 5.11 Å². The molecule has 0 saturated heterocycles. The van der Waals surface area contributed by atoms with Gasteiger partial charge in [-0.1, -0.05) is 0 Å². The lowest BCUT2D eigenvalue weighted by molar-refractivity contribution is 0.0924. The van der Waals surface area contributed by atoms with Gasteiger partial charge in [0.1, 0.15) is 0 Å². The largest absolute Gasteiger partial charge is 0.391 e. The fraction of sp³-hybridized carbons (Fsp3) is 1.00. The van der Waals surface area contributed by atoms with E-state index in [2.05, 4.69) is 52.2 Å². The van der Waals surface area contributed by atoms with E-state index >= 15 is 0 Å². The molecule has 1 aliphatic rings. The van der Waals surface area contributed by atoms with Gasteiger partial charge in [0.25, 0.3) is 0 Å². The van der Waals surface area contributed by atoms with Gasteiger partial charge >= 0.3 is 0 Å². The Labute approximate surface area is 106 Å². The number of aliphatic hydroxyl groups excluding tert-OH is 1. The maximum Gasteiger partial charge on any atom is 0.0733 e. The SMILES string of the molecule is CC(C)(C)NC[C@@H]1CC[C@H](NC(C)(C)C)[C@H]1O. The quantitative estimate of drug-likeness (QED) is 0.708. The molecule has 1 saturated carbocycles. The predicted molar refractivity (Wildman–Crippen MR) is 73.2 cm³/mol. The molecule has 0 aromatic rings. The van der Waals surface area contributed by atoms with Crippen LogP contribution >= 0.6 is 0 Å². The maximum absolute atomic E-state index is 10.3. The van der Waals surface area contributed by atoms with Crippen LogP contribution in [0.25, 0.3) is 0 Å². The van der Waals surface area contributed by atoms with Crippen LogP contribution in [0, 0.1) is 5.92 Å². The van der Waals surface area contributed by atoms with E-state index in [1.54, 1.807) is 0 Å². The summed E-state index contributed by atoms with van der Waals surface area (Å²) < 4.78 is 0. The fourth-order valence-corrected chi connectivity index (χ4v) is 2.44. The van der Waals surface area contributed by atoms with Crippen molar-refractivity contribution >= 4 is 0 Å². The van der Waals surface area contributed by atoms with Crippen LogP contribution in [-0.4, -0.2) is 34.9 Å². The molecule has 1 aliphatic carbocycles. The van der Waals surface area contributed by atoms with Gasteiger partial charge in [-0.2, -0.15) is 0 Å². The Bertz CT molecular complexity index is 240. The Morgan fingerprint density at radius 3 is 2.06 bits per heavy atom. The van der Waals surface area contributed by atoms with E-state index in [9.17, 15) is 5.11 Å². The number of hydrogen-bond acceptors (Lipinski definition) is 3. The average Bonchev–Trinajstić information content (AvgIpc) is 2.41. The molecule has 3 atom stereocenters. The molecule has 0 amide bonds. The predicted octanol–water partition coefficient (Wildman–Crippen LogP) is 1.90. The second kappa shape index (κ2) is 5.25. The van der Waals surface area contributed by atoms with E-state index < -0.39 is 0 Å². The summed E-state index contributed by atoms with van der Waals surface area (Å²) in [5, 5.41) is 17.3. The molecule has 3 heteroatoms. The Balaban J connectivity index is 2.42. The van der Waals surface area contributed by atoms with Crippen molar-refractivity contribution in [1.29, 1.82) is 0 Å². The summed E-state index contributed by atoms with van der Waals surface area (Å²) in [6, 6.07) is 0.252. The molecular weight excluding hydrogens is 212 g/mol. The Kier molecular flexibility index (Phi) is 4.61. The van der Waals surface area contributed by atoms with Gasteiger partial charge in [0.2, 0.25) is 0 Å². The smallest absolute Gasteiger partial charge is 0.0733 e. The molecular formula is C14H30N2O. The van der Waals surface area contributed by atoms with Gasteiger partial charge in [-0.3, -0.25) is 0 Å². The molecule has 3 N–H and O–H groups in total. The van der Waals surface area contributed by atoms with E-state index in [0.29, 0.717) is 5.92 Å².